The second-order valence-corrected chi connectivity index (χ2v) is 2.98. The number of rotatable bonds is 2. The molecular weight excluding hydrogens is 146 g/mol. The van der Waals surface area contributed by atoms with Crippen molar-refractivity contribution in [3.05, 3.63) is 41.1 Å². The maximum Gasteiger partial charge on any atom is 0.00277 e. The van der Waals surface area contributed by atoms with Crippen molar-refractivity contribution in [1.29, 1.82) is 0 Å². The van der Waals surface area contributed by atoms with Crippen molar-refractivity contribution in [1.82, 2.24) is 5.32 Å². The number of benzene rings is 1. The summed E-state index contributed by atoms with van der Waals surface area (Å²) in [5.41, 5.74) is 3.90. The molecule has 0 aliphatic heterocycles. The predicted octanol–water partition coefficient (Wildman–Crippen LogP) is 2.49. The molecule has 0 heterocycles. The van der Waals surface area contributed by atoms with Crippen LogP contribution in [0.4, 0.5) is 0 Å². The number of aryl methyl sites for hydroxylation is 2. The lowest BCUT2D eigenvalue weighted by Gasteiger charge is -2.01. The first-order valence-corrected chi connectivity index (χ1v) is 4.15. The fourth-order valence-electron chi connectivity index (χ4n) is 1.11. The molecule has 0 unspecified atom stereocenters. The molecule has 0 fully saturated rings. The van der Waals surface area contributed by atoms with Crippen LogP contribution in [0.2, 0.25) is 0 Å². The summed E-state index contributed by atoms with van der Waals surface area (Å²) in [6.07, 6.45) is 4.03. The molecule has 1 N–H and O–H groups in total. The average Bonchev–Trinajstić information content (AvgIpc) is 2.07. The van der Waals surface area contributed by atoms with E-state index in [2.05, 4.69) is 43.4 Å². The van der Waals surface area contributed by atoms with E-state index in [1.807, 2.05) is 13.2 Å². The van der Waals surface area contributed by atoms with Crippen molar-refractivity contribution >= 4 is 6.08 Å². The lowest BCUT2D eigenvalue weighted by Crippen LogP contribution is -1.91. The molecule has 0 bridgehead atoms. The van der Waals surface area contributed by atoms with Crippen LogP contribution >= 0.6 is 0 Å². The molecule has 0 radical (unpaired) electrons. The molecule has 12 heavy (non-hydrogen) atoms. The maximum absolute atomic E-state index is 2.98. The fraction of sp³-hybridized carbons (Fsp3) is 0.273. The zero-order valence-electron chi connectivity index (χ0n) is 7.89. The predicted molar refractivity (Wildman–Crippen MR) is 54.0 cm³/mol. The normalized spacial score (nSPS) is 10.6. The largest absolute Gasteiger partial charge is 0.394 e. The van der Waals surface area contributed by atoms with Crippen LogP contribution in [0.25, 0.3) is 6.08 Å². The number of hydrogen-bond acceptors (Lipinski definition) is 1. The Kier molecular flexibility index (Phi) is 2.92. The van der Waals surface area contributed by atoms with Gasteiger partial charge in [0, 0.05) is 7.05 Å². The molecule has 1 rings (SSSR count). The van der Waals surface area contributed by atoms with Crippen molar-refractivity contribution in [2.75, 3.05) is 7.05 Å². The maximum atomic E-state index is 2.98. The van der Waals surface area contributed by atoms with Crippen molar-refractivity contribution in [2.24, 2.45) is 0 Å². The van der Waals surface area contributed by atoms with Crippen LogP contribution in [0.1, 0.15) is 16.7 Å². The molecule has 0 aromatic heterocycles. The van der Waals surface area contributed by atoms with E-state index in [9.17, 15) is 0 Å². The van der Waals surface area contributed by atoms with Gasteiger partial charge in [-0.2, -0.15) is 0 Å². The first-order valence-electron chi connectivity index (χ1n) is 4.15. The van der Waals surface area contributed by atoms with E-state index in [0.29, 0.717) is 0 Å². The highest BCUT2D eigenvalue weighted by Gasteiger charge is 1.92. The van der Waals surface area contributed by atoms with Crippen LogP contribution in [-0.4, -0.2) is 7.05 Å². The second kappa shape index (κ2) is 3.96. The Hall–Kier alpha value is -1.24. The Balaban J connectivity index is 2.97. The Labute approximate surface area is 74.1 Å². The number of hydrogen-bond donors (Lipinski definition) is 1. The quantitative estimate of drug-likeness (QED) is 0.702. The zero-order chi connectivity index (χ0) is 8.97. The summed E-state index contributed by atoms with van der Waals surface area (Å²) in [7, 11) is 1.90. The molecular formula is C11H15N. The minimum atomic E-state index is 1.28. The third-order valence-electron chi connectivity index (χ3n) is 1.86. The summed E-state index contributed by atoms with van der Waals surface area (Å²) in [5, 5.41) is 2.98. The molecule has 1 aromatic carbocycles. The van der Waals surface area contributed by atoms with Gasteiger partial charge < -0.3 is 5.32 Å². The summed E-state index contributed by atoms with van der Waals surface area (Å²) in [6, 6.07) is 6.46. The topological polar surface area (TPSA) is 12.0 Å². The van der Waals surface area contributed by atoms with Crippen molar-refractivity contribution < 1.29 is 0 Å². The first kappa shape index (κ1) is 8.85. The standard InChI is InChI=1S/C11H15N/c1-9-4-5-10(2)11(8-9)6-7-12-3/h4-8,12H,1-3H3/b7-6+. The number of nitrogens with one attached hydrogen (secondary N) is 1. The Bertz CT molecular complexity index is 287. The molecule has 0 saturated heterocycles. The van der Waals surface area contributed by atoms with E-state index >= 15 is 0 Å². The van der Waals surface area contributed by atoms with E-state index in [-0.39, 0.29) is 0 Å². The van der Waals surface area contributed by atoms with Crippen molar-refractivity contribution in [2.45, 2.75) is 13.8 Å². The van der Waals surface area contributed by atoms with Crippen LogP contribution in [0.15, 0.2) is 24.4 Å². The molecule has 0 amide bonds. The Morgan fingerprint density at radius 1 is 1.25 bits per heavy atom. The molecule has 1 heteroatoms. The average molecular weight is 161 g/mol. The van der Waals surface area contributed by atoms with Crippen LogP contribution in [-0.2, 0) is 0 Å². The van der Waals surface area contributed by atoms with Crippen LogP contribution in [0.5, 0.6) is 0 Å². The van der Waals surface area contributed by atoms with Crippen molar-refractivity contribution in [3.63, 3.8) is 0 Å². The molecule has 0 aliphatic carbocycles. The van der Waals surface area contributed by atoms with Crippen LogP contribution in [0.3, 0.4) is 0 Å². The van der Waals surface area contributed by atoms with Gasteiger partial charge in [0.15, 0.2) is 0 Å². The van der Waals surface area contributed by atoms with Gasteiger partial charge in [0.25, 0.3) is 0 Å². The summed E-state index contributed by atoms with van der Waals surface area (Å²) >= 11 is 0. The van der Waals surface area contributed by atoms with E-state index in [1.165, 1.54) is 16.7 Å². The van der Waals surface area contributed by atoms with E-state index in [1.54, 1.807) is 0 Å². The summed E-state index contributed by atoms with van der Waals surface area (Å²) in [6.45, 7) is 4.23. The van der Waals surface area contributed by atoms with Gasteiger partial charge in [0.2, 0.25) is 0 Å². The lowest BCUT2D eigenvalue weighted by molar-refractivity contribution is 1.11. The highest BCUT2D eigenvalue weighted by atomic mass is 14.8. The highest BCUT2D eigenvalue weighted by Crippen LogP contribution is 2.11. The van der Waals surface area contributed by atoms with Gasteiger partial charge in [-0.05, 0) is 37.3 Å². The Morgan fingerprint density at radius 3 is 2.67 bits per heavy atom. The molecule has 1 nitrogen and oxygen atoms in total. The summed E-state index contributed by atoms with van der Waals surface area (Å²) in [5.74, 6) is 0. The minimum absolute atomic E-state index is 1.28. The van der Waals surface area contributed by atoms with Crippen molar-refractivity contribution in [3.8, 4) is 0 Å². The van der Waals surface area contributed by atoms with Gasteiger partial charge in [0.05, 0.1) is 0 Å². The molecule has 0 aliphatic rings. The monoisotopic (exact) mass is 161 g/mol. The molecule has 0 spiro atoms. The van der Waals surface area contributed by atoms with Gasteiger partial charge >= 0.3 is 0 Å². The first-order chi connectivity index (χ1) is 5.74. The molecule has 0 atom stereocenters. The van der Waals surface area contributed by atoms with Gasteiger partial charge in [-0.15, -0.1) is 0 Å². The fourth-order valence-corrected chi connectivity index (χ4v) is 1.11. The third kappa shape index (κ3) is 2.12. The van der Waals surface area contributed by atoms with Gasteiger partial charge in [-0.1, -0.05) is 23.8 Å². The van der Waals surface area contributed by atoms with Gasteiger partial charge in [-0.3, -0.25) is 0 Å². The summed E-state index contributed by atoms with van der Waals surface area (Å²) in [4.78, 5) is 0. The smallest absolute Gasteiger partial charge is 0.00277 e. The molecule has 0 saturated carbocycles. The SMILES string of the molecule is CN/C=C/c1cc(C)ccc1C. The van der Waals surface area contributed by atoms with Crippen LogP contribution < -0.4 is 5.32 Å². The molecule has 1 aromatic rings. The minimum Gasteiger partial charge on any atom is -0.394 e. The van der Waals surface area contributed by atoms with Gasteiger partial charge in [-0.25, -0.2) is 0 Å². The zero-order valence-corrected chi connectivity index (χ0v) is 7.89. The Morgan fingerprint density at radius 2 is 2.00 bits per heavy atom. The second-order valence-electron chi connectivity index (χ2n) is 2.98. The third-order valence-corrected chi connectivity index (χ3v) is 1.86. The highest BCUT2D eigenvalue weighted by molar-refractivity contribution is 5.54. The van der Waals surface area contributed by atoms with E-state index in [0.717, 1.165) is 0 Å². The van der Waals surface area contributed by atoms with E-state index < -0.39 is 0 Å². The lowest BCUT2D eigenvalue weighted by atomic mass is 10.1. The molecule has 64 valence electrons. The van der Waals surface area contributed by atoms with E-state index in [4.69, 9.17) is 0 Å². The summed E-state index contributed by atoms with van der Waals surface area (Å²) < 4.78 is 0. The van der Waals surface area contributed by atoms with Crippen LogP contribution in [0, 0.1) is 13.8 Å². The van der Waals surface area contributed by atoms with Gasteiger partial charge in [0.1, 0.15) is 0 Å².